The van der Waals surface area contributed by atoms with Gasteiger partial charge in [-0.1, -0.05) is 30.5 Å². The molecule has 19 heavy (non-hydrogen) atoms. The third-order valence-electron chi connectivity index (χ3n) is 4.72. The highest BCUT2D eigenvalue weighted by molar-refractivity contribution is 6.29. The van der Waals surface area contributed by atoms with E-state index >= 15 is 0 Å². The summed E-state index contributed by atoms with van der Waals surface area (Å²) in [6.45, 7) is 2.90. The zero-order valence-corrected chi connectivity index (χ0v) is 12.1. The second-order valence-corrected chi connectivity index (χ2v) is 6.05. The maximum Gasteiger partial charge on any atom is 0.131 e. The van der Waals surface area contributed by atoms with Crippen LogP contribution in [-0.4, -0.2) is 23.7 Å². The molecular formula is C15H21ClN2O. The Morgan fingerprint density at radius 3 is 2.89 bits per heavy atom. The fourth-order valence-corrected chi connectivity index (χ4v) is 3.92. The quantitative estimate of drug-likeness (QED) is 0.850. The van der Waals surface area contributed by atoms with Gasteiger partial charge in [-0.25, -0.2) is 4.98 Å². The summed E-state index contributed by atoms with van der Waals surface area (Å²) in [5.41, 5.74) is 0.333. The average Bonchev–Trinajstić information content (AvgIpc) is 2.90. The molecular weight excluding hydrogens is 260 g/mol. The Bertz CT molecular complexity index is 446. The van der Waals surface area contributed by atoms with E-state index in [0.717, 1.165) is 18.8 Å². The molecule has 2 aliphatic carbocycles. The van der Waals surface area contributed by atoms with Crippen LogP contribution in [0.1, 0.15) is 39.0 Å². The van der Waals surface area contributed by atoms with Crippen molar-refractivity contribution in [1.82, 2.24) is 4.98 Å². The zero-order chi connectivity index (χ0) is 13.3. The van der Waals surface area contributed by atoms with Crippen molar-refractivity contribution in [2.45, 2.75) is 51.2 Å². The zero-order valence-electron chi connectivity index (χ0n) is 11.4. The number of aromatic nitrogens is 1. The Morgan fingerprint density at radius 1 is 1.42 bits per heavy atom. The van der Waals surface area contributed by atoms with Gasteiger partial charge >= 0.3 is 0 Å². The van der Waals surface area contributed by atoms with Crippen LogP contribution in [0.25, 0.3) is 0 Å². The Morgan fingerprint density at radius 2 is 2.21 bits per heavy atom. The van der Waals surface area contributed by atoms with Gasteiger partial charge in [0.1, 0.15) is 11.0 Å². The normalized spacial score (nSPS) is 28.3. The predicted octanol–water partition coefficient (Wildman–Crippen LogP) is 3.88. The summed E-state index contributed by atoms with van der Waals surface area (Å²) >= 11 is 5.94. The minimum absolute atomic E-state index is 0.333. The first-order valence-electron chi connectivity index (χ1n) is 7.25. The molecule has 1 aromatic heterocycles. The summed E-state index contributed by atoms with van der Waals surface area (Å²) in [4.78, 5) is 4.33. The summed E-state index contributed by atoms with van der Waals surface area (Å²) < 4.78 is 5.92. The monoisotopic (exact) mass is 280 g/mol. The number of hydrogen-bond acceptors (Lipinski definition) is 3. The molecule has 104 valence electrons. The summed E-state index contributed by atoms with van der Waals surface area (Å²) in [5.74, 6) is 0.888. The minimum atomic E-state index is 0.333. The van der Waals surface area contributed by atoms with E-state index < -0.39 is 0 Å². The van der Waals surface area contributed by atoms with Crippen molar-refractivity contribution in [3.05, 3.63) is 23.4 Å². The lowest BCUT2D eigenvalue weighted by molar-refractivity contribution is -0.114. The SMILES string of the molecule is CCOC1CC(Nc2cccc(Cl)n2)C12CCCC2. The van der Waals surface area contributed by atoms with Crippen molar-refractivity contribution < 1.29 is 4.74 Å². The van der Waals surface area contributed by atoms with Crippen molar-refractivity contribution in [2.75, 3.05) is 11.9 Å². The van der Waals surface area contributed by atoms with E-state index in [1.807, 2.05) is 18.2 Å². The largest absolute Gasteiger partial charge is 0.378 e. The summed E-state index contributed by atoms with van der Waals surface area (Å²) in [6.07, 6.45) is 6.71. The minimum Gasteiger partial charge on any atom is -0.378 e. The molecule has 0 bridgehead atoms. The maximum atomic E-state index is 5.94. The summed E-state index contributed by atoms with van der Waals surface area (Å²) in [7, 11) is 0. The van der Waals surface area contributed by atoms with Crippen LogP contribution in [-0.2, 0) is 4.74 Å². The maximum absolute atomic E-state index is 5.94. The molecule has 2 fully saturated rings. The van der Waals surface area contributed by atoms with Crippen LogP contribution >= 0.6 is 11.6 Å². The standard InChI is InChI=1S/C15H21ClN2O/c1-2-19-12-10-11(15(12)8-3-4-9-15)17-14-7-5-6-13(16)18-14/h5-7,11-12H,2-4,8-10H2,1H3,(H,17,18). The molecule has 0 saturated heterocycles. The molecule has 2 atom stereocenters. The van der Waals surface area contributed by atoms with Gasteiger partial charge in [0, 0.05) is 18.1 Å². The summed E-state index contributed by atoms with van der Waals surface area (Å²) in [5, 5.41) is 4.11. The van der Waals surface area contributed by atoms with Gasteiger partial charge in [0.25, 0.3) is 0 Å². The second kappa shape index (κ2) is 5.29. The van der Waals surface area contributed by atoms with E-state index in [2.05, 4.69) is 17.2 Å². The van der Waals surface area contributed by atoms with Crippen LogP contribution in [0, 0.1) is 5.41 Å². The van der Waals surface area contributed by atoms with E-state index in [9.17, 15) is 0 Å². The third-order valence-corrected chi connectivity index (χ3v) is 4.94. The van der Waals surface area contributed by atoms with Gasteiger partial charge in [-0.3, -0.25) is 0 Å². The molecule has 1 heterocycles. The number of anilines is 1. The van der Waals surface area contributed by atoms with E-state index in [1.54, 1.807) is 0 Å². The van der Waals surface area contributed by atoms with Gasteiger partial charge in [-0.15, -0.1) is 0 Å². The van der Waals surface area contributed by atoms with Gasteiger partial charge in [0.15, 0.2) is 0 Å². The molecule has 1 aromatic rings. The second-order valence-electron chi connectivity index (χ2n) is 5.66. The highest BCUT2D eigenvalue weighted by Gasteiger charge is 2.56. The molecule has 2 unspecified atom stereocenters. The first-order chi connectivity index (χ1) is 9.24. The van der Waals surface area contributed by atoms with Gasteiger partial charge in [-0.05, 0) is 38.3 Å². The number of ether oxygens (including phenoxy) is 1. The lowest BCUT2D eigenvalue weighted by atomic mass is 9.60. The van der Waals surface area contributed by atoms with Crippen molar-refractivity contribution in [3.63, 3.8) is 0 Å². The number of rotatable bonds is 4. The molecule has 3 nitrogen and oxygen atoms in total. The van der Waals surface area contributed by atoms with E-state index in [0.29, 0.717) is 22.7 Å². The van der Waals surface area contributed by atoms with Crippen molar-refractivity contribution >= 4 is 17.4 Å². The number of nitrogens with one attached hydrogen (secondary N) is 1. The Labute approximate surface area is 119 Å². The molecule has 0 aliphatic heterocycles. The molecule has 1 spiro atoms. The van der Waals surface area contributed by atoms with E-state index in [-0.39, 0.29) is 0 Å². The lowest BCUT2D eigenvalue weighted by Crippen LogP contribution is -2.60. The van der Waals surface area contributed by atoms with Crippen LogP contribution in [0.3, 0.4) is 0 Å². The smallest absolute Gasteiger partial charge is 0.131 e. The lowest BCUT2D eigenvalue weighted by Gasteiger charge is -2.54. The topological polar surface area (TPSA) is 34.1 Å². The van der Waals surface area contributed by atoms with Crippen molar-refractivity contribution in [2.24, 2.45) is 5.41 Å². The first-order valence-corrected chi connectivity index (χ1v) is 7.63. The molecule has 0 amide bonds. The molecule has 2 saturated carbocycles. The van der Waals surface area contributed by atoms with Gasteiger partial charge in [0.2, 0.25) is 0 Å². The highest BCUT2D eigenvalue weighted by atomic mass is 35.5. The average molecular weight is 281 g/mol. The number of pyridine rings is 1. The Kier molecular flexibility index (Phi) is 3.68. The van der Waals surface area contributed by atoms with Crippen LogP contribution < -0.4 is 5.32 Å². The predicted molar refractivity (Wildman–Crippen MR) is 77.6 cm³/mol. The van der Waals surface area contributed by atoms with E-state index in [4.69, 9.17) is 16.3 Å². The number of nitrogens with zero attached hydrogens (tertiary/aromatic N) is 1. The Hall–Kier alpha value is -0.800. The van der Waals surface area contributed by atoms with E-state index in [1.165, 1.54) is 25.7 Å². The molecule has 0 aromatic carbocycles. The molecule has 2 aliphatic rings. The first kappa shape index (κ1) is 13.2. The fourth-order valence-electron chi connectivity index (χ4n) is 3.76. The van der Waals surface area contributed by atoms with Crippen LogP contribution in [0.15, 0.2) is 18.2 Å². The van der Waals surface area contributed by atoms with Gasteiger partial charge in [0.05, 0.1) is 6.10 Å². The number of hydrogen-bond donors (Lipinski definition) is 1. The molecule has 4 heteroatoms. The van der Waals surface area contributed by atoms with Crippen LogP contribution in [0.4, 0.5) is 5.82 Å². The van der Waals surface area contributed by atoms with Crippen molar-refractivity contribution in [3.8, 4) is 0 Å². The fraction of sp³-hybridized carbons (Fsp3) is 0.667. The van der Waals surface area contributed by atoms with Crippen LogP contribution in [0.2, 0.25) is 5.15 Å². The third kappa shape index (κ3) is 2.34. The number of halogens is 1. The Balaban J connectivity index is 1.72. The molecule has 3 rings (SSSR count). The van der Waals surface area contributed by atoms with Crippen molar-refractivity contribution in [1.29, 1.82) is 0 Å². The highest BCUT2D eigenvalue weighted by Crippen LogP contribution is 2.55. The molecule has 1 N–H and O–H groups in total. The van der Waals surface area contributed by atoms with Crippen LogP contribution in [0.5, 0.6) is 0 Å². The molecule has 0 radical (unpaired) electrons. The summed E-state index contributed by atoms with van der Waals surface area (Å²) in [6, 6.07) is 6.22. The van der Waals surface area contributed by atoms with Gasteiger partial charge in [-0.2, -0.15) is 0 Å². The van der Waals surface area contributed by atoms with Gasteiger partial charge < -0.3 is 10.1 Å².